The van der Waals surface area contributed by atoms with Gasteiger partial charge in [0.05, 0.1) is 19.8 Å². The van der Waals surface area contributed by atoms with Gasteiger partial charge in [0.1, 0.15) is 11.5 Å². The van der Waals surface area contributed by atoms with Crippen molar-refractivity contribution in [3.8, 4) is 11.5 Å². The van der Waals surface area contributed by atoms with E-state index >= 15 is 0 Å². The molecule has 4 nitrogen and oxygen atoms in total. The molecule has 1 aliphatic rings. The minimum Gasteiger partial charge on any atom is -0.497 e. The summed E-state index contributed by atoms with van der Waals surface area (Å²) < 4.78 is 48.7. The van der Waals surface area contributed by atoms with E-state index < -0.39 is 11.7 Å². The van der Waals surface area contributed by atoms with Crippen molar-refractivity contribution in [3.05, 3.63) is 65.2 Å². The topological polar surface area (TPSA) is 38.8 Å². The molecule has 0 unspecified atom stereocenters. The van der Waals surface area contributed by atoms with Gasteiger partial charge in [-0.1, -0.05) is 12.1 Å². The van der Waals surface area contributed by atoms with Gasteiger partial charge in [-0.2, -0.15) is 13.2 Å². The summed E-state index contributed by atoms with van der Waals surface area (Å²) in [5.74, 6) is 1.03. The van der Waals surface area contributed by atoms with Crippen LogP contribution in [0.25, 0.3) is 6.08 Å². The fourth-order valence-electron chi connectivity index (χ4n) is 2.98. The number of rotatable bonds is 7. The zero-order chi connectivity index (χ0) is 21.0. The number of amides is 1. The molecule has 1 fully saturated rings. The fraction of sp³-hybridized carbons (Fsp3) is 0.318. The molecule has 7 heteroatoms. The van der Waals surface area contributed by atoms with Crippen molar-refractivity contribution in [1.82, 2.24) is 4.90 Å². The van der Waals surface area contributed by atoms with Crippen molar-refractivity contribution in [3.63, 3.8) is 0 Å². The van der Waals surface area contributed by atoms with Gasteiger partial charge in [0.25, 0.3) is 0 Å². The van der Waals surface area contributed by atoms with Crippen molar-refractivity contribution in [1.29, 1.82) is 0 Å². The van der Waals surface area contributed by atoms with Crippen LogP contribution in [0.2, 0.25) is 0 Å². The molecule has 0 heterocycles. The third-order valence-corrected chi connectivity index (χ3v) is 4.75. The van der Waals surface area contributed by atoms with Crippen LogP contribution in [0.4, 0.5) is 13.2 Å². The molecule has 0 radical (unpaired) electrons. The van der Waals surface area contributed by atoms with E-state index in [-0.39, 0.29) is 18.5 Å². The smallest absolute Gasteiger partial charge is 0.416 e. The van der Waals surface area contributed by atoms with Gasteiger partial charge in [-0.05, 0) is 48.7 Å². The maximum absolute atomic E-state index is 12.7. The van der Waals surface area contributed by atoms with Crippen LogP contribution in [0, 0.1) is 0 Å². The van der Waals surface area contributed by atoms with Gasteiger partial charge < -0.3 is 14.4 Å². The van der Waals surface area contributed by atoms with Gasteiger partial charge in [-0.15, -0.1) is 0 Å². The highest BCUT2D eigenvalue weighted by Gasteiger charge is 2.32. The molecule has 0 saturated heterocycles. The Balaban J connectivity index is 1.73. The molecule has 1 aliphatic carbocycles. The second kappa shape index (κ2) is 8.59. The van der Waals surface area contributed by atoms with Crippen LogP contribution >= 0.6 is 0 Å². The first-order valence-corrected chi connectivity index (χ1v) is 9.18. The number of alkyl halides is 3. The highest BCUT2D eigenvalue weighted by Crippen LogP contribution is 2.32. The van der Waals surface area contributed by atoms with Crippen LogP contribution in [0.15, 0.2) is 48.5 Å². The molecule has 0 aliphatic heterocycles. The number of methoxy groups -OCH3 is 2. The number of hydrogen-bond acceptors (Lipinski definition) is 3. The second-order valence-corrected chi connectivity index (χ2v) is 6.83. The van der Waals surface area contributed by atoms with Gasteiger partial charge in [-0.25, -0.2) is 0 Å². The highest BCUT2D eigenvalue weighted by atomic mass is 19.4. The lowest BCUT2D eigenvalue weighted by Gasteiger charge is -2.21. The number of carbonyl (C=O) groups is 1. The normalized spacial score (nSPS) is 14.1. The van der Waals surface area contributed by atoms with Gasteiger partial charge in [0, 0.05) is 30.3 Å². The second-order valence-electron chi connectivity index (χ2n) is 6.83. The van der Waals surface area contributed by atoms with Crippen molar-refractivity contribution in [2.24, 2.45) is 0 Å². The zero-order valence-corrected chi connectivity index (χ0v) is 16.2. The molecule has 1 amide bonds. The van der Waals surface area contributed by atoms with Crippen molar-refractivity contribution in [2.45, 2.75) is 31.6 Å². The van der Waals surface area contributed by atoms with Crippen LogP contribution < -0.4 is 9.47 Å². The summed E-state index contributed by atoms with van der Waals surface area (Å²) in [5, 5.41) is 0. The largest absolute Gasteiger partial charge is 0.497 e. The van der Waals surface area contributed by atoms with E-state index in [1.54, 1.807) is 36.3 Å². The van der Waals surface area contributed by atoms with Gasteiger partial charge in [-0.3, -0.25) is 4.79 Å². The summed E-state index contributed by atoms with van der Waals surface area (Å²) in [6.45, 7) is 0.270. The van der Waals surface area contributed by atoms with Crippen LogP contribution in [0.5, 0.6) is 11.5 Å². The Bertz CT molecular complexity index is 887. The summed E-state index contributed by atoms with van der Waals surface area (Å²) in [6.07, 6.45) is 0.554. The van der Waals surface area contributed by atoms with E-state index in [0.29, 0.717) is 17.1 Å². The monoisotopic (exact) mass is 405 g/mol. The average Bonchev–Trinajstić information content (AvgIpc) is 3.54. The van der Waals surface area contributed by atoms with Crippen LogP contribution in [0.1, 0.15) is 29.5 Å². The van der Waals surface area contributed by atoms with E-state index in [2.05, 4.69) is 0 Å². The molecule has 0 spiro atoms. The van der Waals surface area contributed by atoms with E-state index in [4.69, 9.17) is 9.47 Å². The number of carbonyl (C=O) groups excluding carboxylic acids is 1. The standard InChI is InChI=1S/C22H22F3NO3/c1-28-19-11-5-16(20(13-19)29-2)6-12-21(27)26(18-9-10-18)14-15-3-7-17(8-4-15)22(23,24)25/h3-8,11-13,18H,9-10,14H2,1-2H3/b12-6+. The highest BCUT2D eigenvalue weighted by molar-refractivity contribution is 5.92. The molecule has 29 heavy (non-hydrogen) atoms. The molecule has 1 saturated carbocycles. The van der Waals surface area contributed by atoms with Crippen molar-refractivity contribution < 1.29 is 27.4 Å². The molecule has 2 aromatic carbocycles. The quantitative estimate of drug-likeness (QED) is 0.614. The van der Waals surface area contributed by atoms with Crippen molar-refractivity contribution in [2.75, 3.05) is 14.2 Å². The maximum Gasteiger partial charge on any atom is 0.416 e. The number of nitrogens with zero attached hydrogens (tertiary/aromatic N) is 1. The molecule has 0 N–H and O–H groups in total. The Morgan fingerprint density at radius 1 is 1.10 bits per heavy atom. The number of hydrogen-bond donors (Lipinski definition) is 0. The lowest BCUT2D eigenvalue weighted by molar-refractivity contribution is -0.137. The number of benzene rings is 2. The Hall–Kier alpha value is -2.96. The minimum atomic E-state index is -4.37. The number of halogens is 3. The SMILES string of the molecule is COc1ccc(/C=C/C(=O)N(Cc2ccc(C(F)(F)F)cc2)C2CC2)c(OC)c1. The van der Waals surface area contributed by atoms with Crippen LogP contribution in [0.3, 0.4) is 0 Å². The Kier molecular flexibility index (Phi) is 6.15. The molecule has 3 rings (SSSR count). The first-order chi connectivity index (χ1) is 13.8. The van der Waals surface area contributed by atoms with Crippen LogP contribution in [-0.2, 0) is 17.5 Å². The third kappa shape index (κ3) is 5.31. The molecule has 2 aromatic rings. The van der Waals surface area contributed by atoms with Gasteiger partial charge in [0.15, 0.2) is 0 Å². The van der Waals surface area contributed by atoms with E-state index in [1.807, 2.05) is 0 Å². The summed E-state index contributed by atoms with van der Waals surface area (Å²) >= 11 is 0. The third-order valence-electron chi connectivity index (χ3n) is 4.75. The predicted molar refractivity (Wildman–Crippen MR) is 104 cm³/mol. The maximum atomic E-state index is 12.7. The van der Waals surface area contributed by atoms with E-state index in [9.17, 15) is 18.0 Å². The van der Waals surface area contributed by atoms with Crippen LogP contribution in [-0.4, -0.2) is 31.1 Å². The first-order valence-electron chi connectivity index (χ1n) is 9.18. The summed E-state index contributed by atoms with van der Waals surface area (Å²) in [7, 11) is 3.09. The first kappa shape index (κ1) is 20.8. The Labute approximate surface area is 167 Å². The van der Waals surface area contributed by atoms with E-state index in [1.165, 1.54) is 25.3 Å². The minimum absolute atomic E-state index is 0.118. The van der Waals surface area contributed by atoms with E-state index in [0.717, 1.165) is 30.5 Å². The molecular formula is C22H22F3NO3. The molecule has 154 valence electrons. The zero-order valence-electron chi connectivity index (χ0n) is 16.2. The molecule has 0 atom stereocenters. The van der Waals surface area contributed by atoms with Gasteiger partial charge in [0.2, 0.25) is 5.91 Å². The Morgan fingerprint density at radius 3 is 2.34 bits per heavy atom. The predicted octanol–water partition coefficient (Wildman–Crippen LogP) is 4.93. The summed E-state index contributed by atoms with van der Waals surface area (Å²) in [6, 6.07) is 10.3. The average molecular weight is 405 g/mol. The number of ether oxygens (including phenoxy) is 2. The fourth-order valence-corrected chi connectivity index (χ4v) is 2.98. The summed E-state index contributed by atoms with van der Waals surface area (Å²) in [5.41, 5.74) is 0.692. The lowest BCUT2D eigenvalue weighted by Crippen LogP contribution is -2.31. The summed E-state index contributed by atoms with van der Waals surface area (Å²) in [4.78, 5) is 14.4. The van der Waals surface area contributed by atoms with Gasteiger partial charge >= 0.3 is 6.18 Å². The molecule has 0 aromatic heterocycles. The molecule has 0 bridgehead atoms. The van der Waals surface area contributed by atoms with Crippen molar-refractivity contribution >= 4 is 12.0 Å². The lowest BCUT2D eigenvalue weighted by atomic mass is 10.1. The molecular weight excluding hydrogens is 383 g/mol. The Morgan fingerprint density at radius 2 is 1.79 bits per heavy atom.